The number of methoxy groups -OCH3 is 1. The molecule has 9 heteroatoms. The standard InChI is InChI=1S/C22H26N4O4S/c1-15-4-3-5-16(12-15)18-13-17(30-26-18)14-22(7-10-29-11-8-22)20(27)23-21-25-24-19(31-21)6-9-28-2/h3-5,12-13H,6-11,14H2,1-2H3,(H,23,25,27). The van der Waals surface area contributed by atoms with Crippen molar-refractivity contribution in [1.29, 1.82) is 0 Å². The van der Waals surface area contributed by atoms with Crippen molar-refractivity contribution >= 4 is 22.4 Å². The van der Waals surface area contributed by atoms with Gasteiger partial charge in [-0.25, -0.2) is 0 Å². The molecule has 31 heavy (non-hydrogen) atoms. The number of anilines is 1. The van der Waals surface area contributed by atoms with E-state index in [4.69, 9.17) is 14.0 Å². The summed E-state index contributed by atoms with van der Waals surface area (Å²) in [6, 6.07) is 10.0. The number of amides is 1. The van der Waals surface area contributed by atoms with Crippen LogP contribution in [0.25, 0.3) is 11.3 Å². The minimum atomic E-state index is -0.639. The molecule has 0 saturated carbocycles. The molecule has 1 N–H and O–H groups in total. The molecule has 3 heterocycles. The highest BCUT2D eigenvalue weighted by Gasteiger charge is 2.41. The van der Waals surface area contributed by atoms with Gasteiger partial charge in [-0.1, -0.05) is 40.3 Å². The number of carbonyl (C=O) groups excluding carboxylic acids is 1. The van der Waals surface area contributed by atoms with Gasteiger partial charge in [0.15, 0.2) is 0 Å². The first kappa shape index (κ1) is 21.6. The van der Waals surface area contributed by atoms with Crippen molar-refractivity contribution in [2.45, 2.75) is 32.6 Å². The van der Waals surface area contributed by atoms with E-state index >= 15 is 0 Å². The number of hydrogen-bond acceptors (Lipinski definition) is 8. The maximum Gasteiger partial charge on any atom is 0.233 e. The van der Waals surface area contributed by atoms with Gasteiger partial charge in [-0.15, -0.1) is 10.2 Å². The molecule has 0 bridgehead atoms. The molecule has 1 fully saturated rings. The Labute approximate surface area is 185 Å². The van der Waals surface area contributed by atoms with Crippen LogP contribution < -0.4 is 5.32 Å². The molecule has 0 unspecified atom stereocenters. The second-order valence-electron chi connectivity index (χ2n) is 7.82. The van der Waals surface area contributed by atoms with Crippen LogP contribution in [0, 0.1) is 12.3 Å². The fourth-order valence-corrected chi connectivity index (χ4v) is 4.46. The third-order valence-electron chi connectivity index (χ3n) is 5.52. The smallest absolute Gasteiger partial charge is 0.233 e. The maximum atomic E-state index is 13.3. The Kier molecular flexibility index (Phi) is 6.74. The molecule has 1 aromatic carbocycles. The highest BCUT2D eigenvalue weighted by Crippen LogP contribution is 2.37. The average Bonchev–Trinajstić information content (AvgIpc) is 3.42. The first-order valence-electron chi connectivity index (χ1n) is 10.3. The van der Waals surface area contributed by atoms with Gasteiger partial charge >= 0.3 is 0 Å². The minimum Gasteiger partial charge on any atom is -0.384 e. The molecule has 2 aromatic heterocycles. The zero-order valence-electron chi connectivity index (χ0n) is 17.7. The predicted octanol–water partition coefficient (Wildman–Crippen LogP) is 3.67. The van der Waals surface area contributed by atoms with E-state index in [0.717, 1.165) is 21.8 Å². The van der Waals surface area contributed by atoms with E-state index in [0.29, 0.717) is 56.4 Å². The van der Waals surface area contributed by atoms with Crippen molar-refractivity contribution in [3.8, 4) is 11.3 Å². The summed E-state index contributed by atoms with van der Waals surface area (Å²) in [5.74, 6) is 0.602. The Balaban J connectivity index is 1.50. The van der Waals surface area contributed by atoms with Crippen LogP contribution in [-0.2, 0) is 27.1 Å². The van der Waals surface area contributed by atoms with Crippen LogP contribution in [0.4, 0.5) is 5.13 Å². The fourth-order valence-electron chi connectivity index (χ4n) is 3.74. The van der Waals surface area contributed by atoms with Crippen LogP contribution >= 0.6 is 11.3 Å². The quantitative estimate of drug-likeness (QED) is 0.568. The minimum absolute atomic E-state index is 0.0845. The summed E-state index contributed by atoms with van der Waals surface area (Å²) in [5, 5.41) is 16.8. The largest absolute Gasteiger partial charge is 0.384 e. The SMILES string of the molecule is COCCc1nnc(NC(=O)C2(Cc3cc(-c4cccc(C)c4)no3)CCOCC2)s1. The van der Waals surface area contributed by atoms with Crippen molar-refractivity contribution in [3.05, 3.63) is 46.7 Å². The van der Waals surface area contributed by atoms with Gasteiger partial charge in [0.25, 0.3) is 0 Å². The van der Waals surface area contributed by atoms with Crippen LogP contribution in [-0.4, -0.2) is 48.2 Å². The van der Waals surface area contributed by atoms with Gasteiger partial charge in [-0.3, -0.25) is 4.79 Å². The molecular weight excluding hydrogens is 416 g/mol. The van der Waals surface area contributed by atoms with Crippen molar-refractivity contribution in [3.63, 3.8) is 0 Å². The van der Waals surface area contributed by atoms with Crippen LogP contribution in [0.3, 0.4) is 0 Å². The lowest BCUT2D eigenvalue weighted by Gasteiger charge is -2.34. The van der Waals surface area contributed by atoms with Gasteiger partial charge in [0.05, 0.1) is 12.0 Å². The monoisotopic (exact) mass is 442 g/mol. The first-order valence-corrected chi connectivity index (χ1v) is 11.1. The number of hydrogen-bond donors (Lipinski definition) is 1. The third kappa shape index (κ3) is 5.17. The van der Waals surface area contributed by atoms with Crippen molar-refractivity contribution in [2.75, 3.05) is 32.2 Å². The van der Waals surface area contributed by atoms with Gasteiger partial charge in [-0.05, 0) is 25.8 Å². The number of carbonyl (C=O) groups is 1. The summed E-state index contributed by atoms with van der Waals surface area (Å²) in [4.78, 5) is 13.3. The molecule has 0 spiro atoms. The summed E-state index contributed by atoms with van der Waals surface area (Å²) in [7, 11) is 1.65. The molecule has 0 atom stereocenters. The summed E-state index contributed by atoms with van der Waals surface area (Å²) < 4.78 is 16.2. The van der Waals surface area contributed by atoms with E-state index < -0.39 is 5.41 Å². The van der Waals surface area contributed by atoms with Gasteiger partial charge < -0.3 is 19.3 Å². The van der Waals surface area contributed by atoms with Crippen molar-refractivity contribution < 1.29 is 18.8 Å². The van der Waals surface area contributed by atoms with Gasteiger partial charge in [-0.2, -0.15) is 0 Å². The number of aryl methyl sites for hydroxylation is 1. The molecule has 1 aliphatic heterocycles. The first-order chi connectivity index (χ1) is 15.1. The van der Waals surface area contributed by atoms with Gasteiger partial charge in [0.1, 0.15) is 16.5 Å². The second kappa shape index (κ2) is 9.67. The molecule has 164 valence electrons. The molecule has 0 radical (unpaired) electrons. The summed E-state index contributed by atoms with van der Waals surface area (Å²) in [6.45, 7) is 3.67. The number of nitrogens with one attached hydrogen (secondary N) is 1. The summed E-state index contributed by atoms with van der Waals surface area (Å²) >= 11 is 1.37. The number of aromatic nitrogens is 3. The van der Waals surface area contributed by atoms with Crippen LogP contribution in [0.2, 0.25) is 0 Å². The molecule has 3 aromatic rings. The molecule has 0 aliphatic carbocycles. The highest BCUT2D eigenvalue weighted by atomic mass is 32.1. The summed E-state index contributed by atoms with van der Waals surface area (Å²) in [5.41, 5.74) is 2.29. The zero-order valence-corrected chi connectivity index (χ0v) is 18.5. The van der Waals surface area contributed by atoms with Crippen molar-refractivity contribution in [1.82, 2.24) is 15.4 Å². The lowest BCUT2D eigenvalue weighted by Crippen LogP contribution is -2.42. The average molecular weight is 443 g/mol. The Morgan fingerprint density at radius 2 is 2.10 bits per heavy atom. The Morgan fingerprint density at radius 1 is 1.26 bits per heavy atom. The van der Waals surface area contributed by atoms with E-state index in [-0.39, 0.29) is 5.91 Å². The fraction of sp³-hybridized carbons (Fsp3) is 0.455. The lowest BCUT2D eigenvalue weighted by atomic mass is 9.75. The topological polar surface area (TPSA) is 99.4 Å². The third-order valence-corrected chi connectivity index (χ3v) is 6.42. The second-order valence-corrected chi connectivity index (χ2v) is 8.88. The maximum absolute atomic E-state index is 13.3. The Hall–Kier alpha value is -2.62. The van der Waals surface area contributed by atoms with Crippen LogP contribution in [0.1, 0.15) is 29.2 Å². The normalized spacial score (nSPS) is 15.7. The Bertz CT molecular complexity index is 1030. The van der Waals surface area contributed by atoms with E-state index in [1.165, 1.54) is 11.3 Å². The number of nitrogens with zero attached hydrogens (tertiary/aromatic N) is 3. The van der Waals surface area contributed by atoms with Gasteiger partial charge in [0, 0.05) is 44.8 Å². The van der Waals surface area contributed by atoms with Crippen LogP contribution in [0.5, 0.6) is 0 Å². The van der Waals surface area contributed by atoms with Crippen molar-refractivity contribution in [2.24, 2.45) is 5.41 Å². The van der Waals surface area contributed by atoms with Crippen LogP contribution in [0.15, 0.2) is 34.9 Å². The molecule has 8 nitrogen and oxygen atoms in total. The number of benzene rings is 1. The number of ether oxygens (including phenoxy) is 2. The summed E-state index contributed by atoms with van der Waals surface area (Å²) in [6.07, 6.45) is 2.34. The molecule has 4 rings (SSSR count). The number of rotatable bonds is 8. The lowest BCUT2D eigenvalue weighted by molar-refractivity contribution is -0.131. The zero-order chi connectivity index (χ0) is 21.7. The molecular formula is C22H26N4O4S. The molecule has 1 saturated heterocycles. The Morgan fingerprint density at radius 3 is 2.87 bits per heavy atom. The van der Waals surface area contributed by atoms with E-state index in [9.17, 15) is 4.79 Å². The van der Waals surface area contributed by atoms with Gasteiger partial charge in [0.2, 0.25) is 11.0 Å². The van der Waals surface area contributed by atoms with E-state index in [1.807, 2.05) is 31.2 Å². The highest BCUT2D eigenvalue weighted by molar-refractivity contribution is 7.15. The molecule has 1 amide bonds. The molecule has 1 aliphatic rings. The van der Waals surface area contributed by atoms with E-state index in [1.54, 1.807) is 7.11 Å². The van der Waals surface area contributed by atoms with E-state index in [2.05, 4.69) is 26.7 Å². The predicted molar refractivity (Wildman–Crippen MR) is 117 cm³/mol.